The molecule has 0 saturated carbocycles. The molecule has 2 heteroatoms. The van der Waals surface area contributed by atoms with Crippen molar-refractivity contribution in [3.05, 3.63) is 41.5 Å². The van der Waals surface area contributed by atoms with Gasteiger partial charge < -0.3 is 10.1 Å². The summed E-state index contributed by atoms with van der Waals surface area (Å²) in [5.74, 6) is 1.02. The van der Waals surface area contributed by atoms with E-state index in [1.807, 2.05) is 18.2 Å². The molecule has 21 heavy (non-hydrogen) atoms. The van der Waals surface area contributed by atoms with Crippen molar-refractivity contribution in [2.24, 2.45) is 0 Å². The van der Waals surface area contributed by atoms with Crippen molar-refractivity contribution in [3.8, 4) is 5.75 Å². The van der Waals surface area contributed by atoms with Crippen LogP contribution in [0.25, 0.3) is 0 Å². The van der Waals surface area contributed by atoms with E-state index in [1.54, 1.807) is 5.57 Å². The van der Waals surface area contributed by atoms with Crippen molar-refractivity contribution in [2.45, 2.75) is 51.9 Å². The summed E-state index contributed by atoms with van der Waals surface area (Å²) in [6.45, 7) is 5.14. The predicted octanol–water partition coefficient (Wildman–Crippen LogP) is 4.63. The van der Waals surface area contributed by atoms with Gasteiger partial charge in [0.2, 0.25) is 0 Å². The van der Waals surface area contributed by atoms with Crippen LogP contribution in [0.4, 0.5) is 0 Å². The molecule has 0 spiro atoms. The van der Waals surface area contributed by atoms with E-state index in [0.29, 0.717) is 0 Å². The summed E-state index contributed by atoms with van der Waals surface area (Å²) in [6, 6.07) is 8.22. The zero-order valence-electron chi connectivity index (χ0n) is 13.4. The Kier molecular flexibility index (Phi) is 7.37. The standard InChI is InChI=1S/C19H29NO/c1-17-9-5-6-12-19(17)21-16-8-7-14-20-15-13-18-10-3-2-4-11-18/h5-6,9-10,12,20H,2-4,7-8,11,13-16H2,1H3. The Labute approximate surface area is 129 Å². The fourth-order valence-electron chi connectivity index (χ4n) is 2.76. The summed E-state index contributed by atoms with van der Waals surface area (Å²) in [4.78, 5) is 0. The quantitative estimate of drug-likeness (QED) is 0.528. The normalized spacial score (nSPS) is 14.8. The summed E-state index contributed by atoms with van der Waals surface area (Å²) in [6.07, 6.45) is 11.4. The van der Waals surface area contributed by atoms with Crippen LogP contribution in [0.5, 0.6) is 5.75 Å². The first kappa shape index (κ1) is 16.1. The molecule has 0 radical (unpaired) electrons. The van der Waals surface area contributed by atoms with Gasteiger partial charge in [0.1, 0.15) is 5.75 Å². The van der Waals surface area contributed by atoms with Crippen LogP contribution in [0, 0.1) is 6.92 Å². The van der Waals surface area contributed by atoms with Crippen LogP contribution in [0.3, 0.4) is 0 Å². The van der Waals surface area contributed by atoms with E-state index in [4.69, 9.17) is 4.74 Å². The molecule has 0 aromatic heterocycles. The Hall–Kier alpha value is -1.28. The van der Waals surface area contributed by atoms with Crippen LogP contribution in [0.1, 0.15) is 50.5 Å². The number of rotatable bonds is 9. The van der Waals surface area contributed by atoms with Gasteiger partial charge in [-0.1, -0.05) is 29.8 Å². The molecule has 0 atom stereocenters. The third kappa shape index (κ3) is 6.34. The maximum Gasteiger partial charge on any atom is 0.122 e. The van der Waals surface area contributed by atoms with Crippen molar-refractivity contribution in [1.82, 2.24) is 5.32 Å². The predicted molar refractivity (Wildman–Crippen MR) is 89.9 cm³/mol. The Bertz CT molecular complexity index is 439. The summed E-state index contributed by atoms with van der Waals surface area (Å²) >= 11 is 0. The average molecular weight is 287 g/mol. The zero-order chi connectivity index (χ0) is 14.8. The summed E-state index contributed by atoms with van der Waals surface area (Å²) < 4.78 is 5.80. The first-order valence-corrected chi connectivity index (χ1v) is 8.43. The van der Waals surface area contributed by atoms with E-state index >= 15 is 0 Å². The van der Waals surface area contributed by atoms with Gasteiger partial charge in [-0.25, -0.2) is 0 Å². The molecule has 1 N–H and O–H groups in total. The van der Waals surface area contributed by atoms with Gasteiger partial charge in [-0.05, 0) is 76.6 Å². The molecule has 116 valence electrons. The molecular weight excluding hydrogens is 258 g/mol. The summed E-state index contributed by atoms with van der Waals surface area (Å²) in [5.41, 5.74) is 2.88. The third-order valence-electron chi connectivity index (χ3n) is 4.11. The minimum Gasteiger partial charge on any atom is -0.493 e. The fraction of sp³-hybridized carbons (Fsp3) is 0.579. The van der Waals surface area contributed by atoms with Gasteiger partial charge in [-0.15, -0.1) is 0 Å². The van der Waals surface area contributed by atoms with E-state index in [1.165, 1.54) is 44.1 Å². The summed E-state index contributed by atoms with van der Waals surface area (Å²) in [5, 5.41) is 3.55. The molecule has 1 aromatic carbocycles. The number of hydrogen-bond acceptors (Lipinski definition) is 2. The molecule has 0 bridgehead atoms. The van der Waals surface area contributed by atoms with Crippen LogP contribution >= 0.6 is 0 Å². The number of unbranched alkanes of at least 4 members (excludes halogenated alkanes) is 1. The van der Waals surface area contributed by atoms with Gasteiger partial charge in [0.25, 0.3) is 0 Å². The van der Waals surface area contributed by atoms with Crippen molar-refractivity contribution in [1.29, 1.82) is 0 Å². The smallest absolute Gasteiger partial charge is 0.122 e. The van der Waals surface area contributed by atoms with E-state index in [0.717, 1.165) is 31.9 Å². The number of para-hydroxylation sites is 1. The van der Waals surface area contributed by atoms with E-state index in [2.05, 4.69) is 24.4 Å². The van der Waals surface area contributed by atoms with Gasteiger partial charge in [-0.2, -0.15) is 0 Å². The third-order valence-corrected chi connectivity index (χ3v) is 4.11. The first-order valence-electron chi connectivity index (χ1n) is 8.43. The molecule has 0 saturated heterocycles. The molecule has 1 aliphatic carbocycles. The maximum atomic E-state index is 5.80. The summed E-state index contributed by atoms with van der Waals surface area (Å²) in [7, 11) is 0. The van der Waals surface area contributed by atoms with Gasteiger partial charge >= 0.3 is 0 Å². The van der Waals surface area contributed by atoms with Gasteiger partial charge in [0, 0.05) is 0 Å². The number of allylic oxidation sites excluding steroid dienone is 1. The lowest BCUT2D eigenvalue weighted by atomic mass is 9.97. The minimum atomic E-state index is 0.817. The van der Waals surface area contributed by atoms with Gasteiger partial charge in [0.05, 0.1) is 6.61 Å². The van der Waals surface area contributed by atoms with Crippen LogP contribution in [0.2, 0.25) is 0 Å². The molecular formula is C19H29NO. The molecule has 0 fully saturated rings. The van der Waals surface area contributed by atoms with Crippen LogP contribution in [-0.2, 0) is 0 Å². The molecule has 2 nitrogen and oxygen atoms in total. The van der Waals surface area contributed by atoms with Crippen LogP contribution in [0.15, 0.2) is 35.9 Å². The zero-order valence-corrected chi connectivity index (χ0v) is 13.4. The molecule has 0 amide bonds. The monoisotopic (exact) mass is 287 g/mol. The Balaban J connectivity index is 1.45. The Morgan fingerprint density at radius 3 is 2.81 bits per heavy atom. The van der Waals surface area contributed by atoms with Gasteiger partial charge in [-0.3, -0.25) is 0 Å². The van der Waals surface area contributed by atoms with Crippen molar-refractivity contribution >= 4 is 0 Å². The topological polar surface area (TPSA) is 21.3 Å². The number of aryl methyl sites for hydroxylation is 1. The lowest BCUT2D eigenvalue weighted by Crippen LogP contribution is -2.18. The number of nitrogens with one attached hydrogen (secondary N) is 1. The second-order valence-electron chi connectivity index (χ2n) is 5.93. The average Bonchev–Trinajstić information content (AvgIpc) is 2.52. The highest BCUT2D eigenvalue weighted by atomic mass is 16.5. The van der Waals surface area contributed by atoms with Crippen molar-refractivity contribution < 1.29 is 4.74 Å². The Morgan fingerprint density at radius 1 is 1.10 bits per heavy atom. The second-order valence-corrected chi connectivity index (χ2v) is 5.93. The van der Waals surface area contributed by atoms with E-state index in [-0.39, 0.29) is 0 Å². The van der Waals surface area contributed by atoms with Crippen molar-refractivity contribution in [2.75, 3.05) is 19.7 Å². The molecule has 0 aliphatic heterocycles. The highest BCUT2D eigenvalue weighted by Gasteiger charge is 2.02. The van der Waals surface area contributed by atoms with E-state index < -0.39 is 0 Å². The minimum absolute atomic E-state index is 0.817. The molecule has 2 rings (SSSR count). The van der Waals surface area contributed by atoms with Crippen LogP contribution < -0.4 is 10.1 Å². The van der Waals surface area contributed by atoms with Crippen LogP contribution in [-0.4, -0.2) is 19.7 Å². The Morgan fingerprint density at radius 2 is 2.00 bits per heavy atom. The highest BCUT2D eigenvalue weighted by molar-refractivity contribution is 5.31. The molecule has 1 aliphatic rings. The van der Waals surface area contributed by atoms with E-state index in [9.17, 15) is 0 Å². The first-order chi connectivity index (χ1) is 10.4. The molecule has 1 aromatic rings. The number of benzene rings is 1. The molecule has 0 heterocycles. The lowest BCUT2D eigenvalue weighted by Gasteiger charge is -2.13. The fourth-order valence-corrected chi connectivity index (χ4v) is 2.76. The largest absolute Gasteiger partial charge is 0.493 e. The number of hydrogen-bond donors (Lipinski definition) is 1. The number of ether oxygens (including phenoxy) is 1. The second kappa shape index (κ2) is 9.62. The lowest BCUT2D eigenvalue weighted by molar-refractivity contribution is 0.304. The molecule has 0 unspecified atom stereocenters. The van der Waals surface area contributed by atoms with Gasteiger partial charge in [0.15, 0.2) is 0 Å². The SMILES string of the molecule is Cc1ccccc1OCCCCNCCC1=CCCCC1. The van der Waals surface area contributed by atoms with Crippen molar-refractivity contribution in [3.63, 3.8) is 0 Å². The maximum absolute atomic E-state index is 5.80. The highest BCUT2D eigenvalue weighted by Crippen LogP contribution is 2.19.